The molecule has 1 saturated heterocycles. The maximum atomic E-state index is 12.0. The molecule has 0 aromatic heterocycles. The zero-order chi connectivity index (χ0) is 16.5. The Morgan fingerprint density at radius 3 is 3.04 bits per heavy atom. The van der Waals surface area contributed by atoms with E-state index in [4.69, 9.17) is 9.47 Å². The van der Waals surface area contributed by atoms with E-state index in [1.54, 1.807) is 14.2 Å². The lowest BCUT2D eigenvalue weighted by Gasteiger charge is -2.35. The molecule has 1 unspecified atom stereocenters. The van der Waals surface area contributed by atoms with Crippen LogP contribution in [0.2, 0.25) is 0 Å². The van der Waals surface area contributed by atoms with Crippen LogP contribution in [0.4, 0.5) is 5.69 Å². The van der Waals surface area contributed by atoms with Crippen LogP contribution in [-0.4, -0.2) is 59.0 Å². The van der Waals surface area contributed by atoms with Crippen LogP contribution in [0.3, 0.4) is 0 Å². The van der Waals surface area contributed by atoms with Crippen molar-refractivity contribution in [3.8, 4) is 5.75 Å². The summed E-state index contributed by atoms with van der Waals surface area (Å²) < 4.78 is 10.2. The largest absolute Gasteiger partial charge is 0.497 e. The number of anilines is 1. The van der Waals surface area contributed by atoms with Crippen LogP contribution in [0.25, 0.3) is 0 Å². The third kappa shape index (κ3) is 5.73. The lowest BCUT2D eigenvalue weighted by atomic mass is 10.0. The number of ether oxygens (including phenoxy) is 2. The van der Waals surface area contributed by atoms with Crippen molar-refractivity contribution in [2.45, 2.75) is 18.9 Å². The van der Waals surface area contributed by atoms with Gasteiger partial charge in [0.15, 0.2) is 0 Å². The van der Waals surface area contributed by atoms with Gasteiger partial charge in [0.05, 0.1) is 20.3 Å². The number of hydrogen-bond acceptors (Lipinski definition) is 5. The molecule has 0 saturated carbocycles. The molecule has 1 aromatic rings. The molecule has 1 heterocycles. The van der Waals surface area contributed by atoms with Crippen LogP contribution in [-0.2, 0) is 9.53 Å². The first-order chi connectivity index (χ1) is 11.2. The number of carbonyl (C=O) groups is 1. The topological polar surface area (TPSA) is 62.8 Å². The molecule has 1 aliphatic heterocycles. The van der Waals surface area contributed by atoms with Gasteiger partial charge in [0, 0.05) is 44.5 Å². The normalized spacial score (nSPS) is 17.8. The van der Waals surface area contributed by atoms with Crippen molar-refractivity contribution in [2.75, 3.05) is 51.9 Å². The predicted octanol–water partition coefficient (Wildman–Crippen LogP) is 1.02. The predicted molar refractivity (Wildman–Crippen MR) is 91.1 cm³/mol. The first kappa shape index (κ1) is 17.6. The van der Waals surface area contributed by atoms with Crippen LogP contribution in [0.1, 0.15) is 12.8 Å². The Balaban J connectivity index is 1.82. The van der Waals surface area contributed by atoms with E-state index >= 15 is 0 Å². The van der Waals surface area contributed by atoms with Crippen molar-refractivity contribution in [1.82, 2.24) is 10.6 Å². The number of methoxy groups -OCH3 is 2. The second kappa shape index (κ2) is 9.37. The Labute approximate surface area is 138 Å². The van der Waals surface area contributed by atoms with Gasteiger partial charge in [0.25, 0.3) is 0 Å². The minimum atomic E-state index is 0.0404. The van der Waals surface area contributed by atoms with E-state index in [0.29, 0.717) is 19.7 Å². The maximum Gasteiger partial charge on any atom is 0.234 e. The number of benzene rings is 1. The van der Waals surface area contributed by atoms with E-state index < -0.39 is 0 Å². The molecule has 2 rings (SSSR count). The Bertz CT molecular complexity index is 496. The lowest BCUT2D eigenvalue weighted by molar-refractivity contribution is -0.121. The summed E-state index contributed by atoms with van der Waals surface area (Å²) in [7, 11) is 3.33. The van der Waals surface area contributed by atoms with E-state index in [0.717, 1.165) is 37.4 Å². The van der Waals surface area contributed by atoms with Gasteiger partial charge in [-0.15, -0.1) is 0 Å². The summed E-state index contributed by atoms with van der Waals surface area (Å²) in [5.41, 5.74) is 1.14. The molecular formula is C17H27N3O3. The highest BCUT2D eigenvalue weighted by molar-refractivity contribution is 5.78. The molecule has 0 bridgehead atoms. The molecule has 1 fully saturated rings. The Morgan fingerprint density at radius 1 is 1.39 bits per heavy atom. The van der Waals surface area contributed by atoms with E-state index in [1.807, 2.05) is 18.2 Å². The maximum absolute atomic E-state index is 12.0. The summed E-state index contributed by atoms with van der Waals surface area (Å²) in [6, 6.07) is 8.25. The summed E-state index contributed by atoms with van der Waals surface area (Å²) in [6.45, 7) is 3.46. The number of nitrogens with one attached hydrogen (secondary N) is 2. The number of amides is 1. The van der Waals surface area contributed by atoms with Crippen molar-refractivity contribution < 1.29 is 14.3 Å². The van der Waals surface area contributed by atoms with E-state index in [-0.39, 0.29) is 11.9 Å². The SMILES string of the molecule is COCCNCC(=O)NC1CCCN(c2cccc(OC)c2)C1. The monoisotopic (exact) mass is 321 g/mol. The molecule has 1 atom stereocenters. The van der Waals surface area contributed by atoms with Gasteiger partial charge < -0.3 is 25.0 Å². The summed E-state index contributed by atoms with van der Waals surface area (Å²) in [6.07, 6.45) is 2.09. The van der Waals surface area contributed by atoms with Crippen LogP contribution in [0, 0.1) is 0 Å². The third-order valence-electron chi connectivity index (χ3n) is 3.97. The zero-order valence-electron chi connectivity index (χ0n) is 14.0. The number of piperidine rings is 1. The lowest BCUT2D eigenvalue weighted by Crippen LogP contribution is -2.49. The molecule has 0 spiro atoms. The highest BCUT2D eigenvalue weighted by atomic mass is 16.5. The summed E-state index contributed by atoms with van der Waals surface area (Å²) in [5, 5.41) is 6.18. The molecule has 1 amide bonds. The quantitative estimate of drug-likeness (QED) is 0.700. The first-order valence-electron chi connectivity index (χ1n) is 8.11. The standard InChI is InChI=1S/C17H27N3O3/c1-22-10-8-18-12-17(21)19-14-5-4-9-20(13-14)15-6-3-7-16(11-15)23-2/h3,6-7,11,14,18H,4-5,8-10,12-13H2,1-2H3,(H,19,21). The molecule has 6 nitrogen and oxygen atoms in total. The molecule has 6 heteroatoms. The average Bonchev–Trinajstić information content (AvgIpc) is 2.59. The smallest absolute Gasteiger partial charge is 0.234 e. The van der Waals surface area contributed by atoms with Crippen LogP contribution >= 0.6 is 0 Å². The van der Waals surface area contributed by atoms with Crippen LogP contribution in [0.5, 0.6) is 5.75 Å². The van der Waals surface area contributed by atoms with Crippen LogP contribution < -0.4 is 20.3 Å². The molecule has 0 radical (unpaired) electrons. The molecule has 1 aliphatic rings. The Morgan fingerprint density at radius 2 is 2.26 bits per heavy atom. The number of hydrogen-bond donors (Lipinski definition) is 2. The van der Waals surface area contributed by atoms with E-state index in [2.05, 4.69) is 21.6 Å². The van der Waals surface area contributed by atoms with Crippen molar-refractivity contribution in [2.24, 2.45) is 0 Å². The van der Waals surface area contributed by atoms with Crippen molar-refractivity contribution in [1.29, 1.82) is 0 Å². The number of carbonyl (C=O) groups excluding carboxylic acids is 1. The molecular weight excluding hydrogens is 294 g/mol. The summed E-state index contributed by atoms with van der Waals surface area (Å²) in [5.74, 6) is 0.898. The highest BCUT2D eigenvalue weighted by Crippen LogP contribution is 2.24. The fourth-order valence-corrected chi connectivity index (χ4v) is 2.79. The fourth-order valence-electron chi connectivity index (χ4n) is 2.79. The van der Waals surface area contributed by atoms with Crippen LogP contribution in [0.15, 0.2) is 24.3 Å². The van der Waals surface area contributed by atoms with E-state index in [9.17, 15) is 4.79 Å². The zero-order valence-corrected chi connectivity index (χ0v) is 14.0. The molecule has 1 aromatic carbocycles. The van der Waals surface area contributed by atoms with Gasteiger partial charge in [-0.25, -0.2) is 0 Å². The molecule has 2 N–H and O–H groups in total. The second-order valence-electron chi connectivity index (χ2n) is 5.72. The van der Waals surface area contributed by atoms with Crippen molar-refractivity contribution in [3.63, 3.8) is 0 Å². The third-order valence-corrected chi connectivity index (χ3v) is 3.97. The van der Waals surface area contributed by atoms with Gasteiger partial charge in [0.1, 0.15) is 5.75 Å². The van der Waals surface area contributed by atoms with Crippen molar-refractivity contribution >= 4 is 11.6 Å². The summed E-state index contributed by atoms with van der Waals surface area (Å²) in [4.78, 5) is 14.3. The Kier molecular flexibility index (Phi) is 7.16. The minimum absolute atomic E-state index is 0.0404. The van der Waals surface area contributed by atoms with Gasteiger partial charge in [0.2, 0.25) is 5.91 Å². The van der Waals surface area contributed by atoms with Crippen molar-refractivity contribution in [3.05, 3.63) is 24.3 Å². The van der Waals surface area contributed by atoms with Gasteiger partial charge in [-0.2, -0.15) is 0 Å². The summed E-state index contributed by atoms with van der Waals surface area (Å²) >= 11 is 0. The van der Waals surface area contributed by atoms with Gasteiger partial charge in [-0.1, -0.05) is 6.07 Å². The highest BCUT2D eigenvalue weighted by Gasteiger charge is 2.21. The molecule has 23 heavy (non-hydrogen) atoms. The number of rotatable bonds is 8. The Hall–Kier alpha value is -1.79. The second-order valence-corrected chi connectivity index (χ2v) is 5.72. The average molecular weight is 321 g/mol. The first-order valence-corrected chi connectivity index (χ1v) is 8.11. The van der Waals surface area contributed by atoms with E-state index in [1.165, 1.54) is 0 Å². The fraction of sp³-hybridized carbons (Fsp3) is 0.588. The molecule has 0 aliphatic carbocycles. The molecule has 128 valence electrons. The van der Waals surface area contributed by atoms with Gasteiger partial charge in [-0.3, -0.25) is 4.79 Å². The van der Waals surface area contributed by atoms with Gasteiger partial charge in [-0.05, 0) is 25.0 Å². The minimum Gasteiger partial charge on any atom is -0.497 e. The van der Waals surface area contributed by atoms with Gasteiger partial charge >= 0.3 is 0 Å². The number of nitrogens with zero attached hydrogens (tertiary/aromatic N) is 1.